The quantitative estimate of drug-likeness (QED) is 0.106. The van der Waals surface area contributed by atoms with E-state index >= 15 is 0 Å². The maximum Gasteiger partial charge on any atom is 0.290 e. The molecule has 2 aliphatic heterocycles. The summed E-state index contributed by atoms with van der Waals surface area (Å²) in [5.74, 6) is -4.06. The van der Waals surface area contributed by atoms with Crippen LogP contribution < -0.4 is 10.6 Å². The number of rotatable bonds is 11. The fourth-order valence-electron chi connectivity index (χ4n) is 6.43. The van der Waals surface area contributed by atoms with Gasteiger partial charge in [-0.15, -0.1) is 11.3 Å². The average molecular weight is 764 g/mol. The maximum absolute atomic E-state index is 14.7. The van der Waals surface area contributed by atoms with Crippen molar-refractivity contribution in [1.29, 1.82) is 0 Å². The van der Waals surface area contributed by atoms with Crippen molar-refractivity contribution in [1.82, 2.24) is 15.5 Å². The number of ketones is 1. The van der Waals surface area contributed by atoms with Crippen LogP contribution in [0, 0.1) is 11.6 Å². The molecule has 0 aliphatic carbocycles. The smallest absolute Gasteiger partial charge is 0.290 e. The van der Waals surface area contributed by atoms with Crippen LogP contribution in [0.4, 0.5) is 13.6 Å². The molecule has 2 aliphatic rings. The second-order valence-corrected chi connectivity index (χ2v) is 14.7. The van der Waals surface area contributed by atoms with Gasteiger partial charge in [0.05, 0.1) is 39.7 Å². The topological polar surface area (TPSA) is 122 Å². The normalized spacial score (nSPS) is 17.5. The number of nitrogens with zero attached hydrogens (tertiary/aromatic N) is 1. The first-order valence-corrected chi connectivity index (χ1v) is 18.6. The SMILES string of the molecule is O=C1NC(=O)C(=Cc2ccc(C(=O)NC[C@@H]3C[C@@H](OCc4ccccc4-c4ccccc4)CN3C(=O)c3ccccc3C(=O)c3ccc(F)cc3F)s2)S1. The highest BCUT2D eigenvalue weighted by molar-refractivity contribution is 8.18. The lowest BCUT2D eigenvalue weighted by atomic mass is 9.97. The number of hydrogen-bond acceptors (Lipinski definition) is 8. The van der Waals surface area contributed by atoms with E-state index in [1.165, 1.54) is 18.2 Å². The summed E-state index contributed by atoms with van der Waals surface area (Å²) < 4.78 is 34.8. The molecule has 3 heterocycles. The number of nitrogens with one attached hydrogen (secondary N) is 2. The molecule has 0 bridgehead atoms. The van der Waals surface area contributed by atoms with Gasteiger partial charge in [0.25, 0.3) is 23.0 Å². The molecule has 9 nitrogen and oxygen atoms in total. The van der Waals surface area contributed by atoms with E-state index in [0.717, 1.165) is 51.9 Å². The van der Waals surface area contributed by atoms with Crippen LogP contribution in [-0.4, -0.2) is 58.9 Å². The van der Waals surface area contributed by atoms with E-state index in [2.05, 4.69) is 10.6 Å². The van der Waals surface area contributed by atoms with Crippen molar-refractivity contribution < 1.29 is 37.5 Å². The third-order valence-corrected chi connectivity index (χ3v) is 10.9. The standard InChI is InChI=1S/C41H31F2N3O6S2/c42-26-14-16-33(34(43)18-26)37(47)31-12-6-7-13-32(31)40(50)46-22-28(52-23-25-10-4-5-11-30(25)24-8-2-1-3-9-24)19-27(46)21-44-38(48)35-17-15-29(53-35)20-36-39(49)45-41(51)54-36/h1-18,20,27-28H,19,21-23H2,(H,44,48)(H,45,49,51)/t27-,28+/m0/s1. The van der Waals surface area contributed by atoms with Crippen LogP contribution in [0.3, 0.4) is 0 Å². The van der Waals surface area contributed by atoms with Crippen LogP contribution in [0.5, 0.6) is 0 Å². The number of likely N-dealkylation sites (tertiary alicyclic amines) is 1. The third-order valence-electron chi connectivity index (χ3n) is 9.06. The summed E-state index contributed by atoms with van der Waals surface area (Å²) in [5.41, 5.74) is 2.61. The summed E-state index contributed by atoms with van der Waals surface area (Å²) in [7, 11) is 0. The van der Waals surface area contributed by atoms with Crippen LogP contribution in [0.2, 0.25) is 0 Å². The van der Waals surface area contributed by atoms with Crippen LogP contribution in [0.1, 0.15) is 52.8 Å². The molecule has 0 spiro atoms. The highest BCUT2D eigenvalue weighted by atomic mass is 32.2. The number of ether oxygens (including phenoxy) is 1. The zero-order valence-electron chi connectivity index (χ0n) is 28.4. The number of thioether (sulfide) groups is 1. The van der Waals surface area contributed by atoms with Crippen molar-refractivity contribution in [3.05, 3.63) is 158 Å². The Morgan fingerprint density at radius 1 is 0.870 bits per heavy atom. The fraction of sp³-hybridized carbons (Fsp3) is 0.146. The Bertz CT molecular complexity index is 2310. The van der Waals surface area contributed by atoms with E-state index in [1.807, 2.05) is 54.6 Å². The van der Waals surface area contributed by atoms with E-state index in [0.29, 0.717) is 22.2 Å². The number of carbonyl (C=O) groups is 5. The highest BCUT2D eigenvalue weighted by Gasteiger charge is 2.38. The zero-order chi connectivity index (χ0) is 37.8. The highest BCUT2D eigenvalue weighted by Crippen LogP contribution is 2.30. The van der Waals surface area contributed by atoms with E-state index in [-0.39, 0.29) is 41.3 Å². The summed E-state index contributed by atoms with van der Waals surface area (Å²) in [6, 6.07) is 29.2. The molecule has 5 aromatic rings. The molecule has 2 fully saturated rings. The lowest BCUT2D eigenvalue weighted by Gasteiger charge is -2.25. The predicted octanol–water partition coefficient (Wildman–Crippen LogP) is 7.48. The van der Waals surface area contributed by atoms with E-state index in [4.69, 9.17) is 4.74 Å². The first kappa shape index (κ1) is 36.6. The van der Waals surface area contributed by atoms with E-state index < -0.39 is 52.5 Å². The molecule has 2 N–H and O–H groups in total. The number of amides is 4. The number of thiophene rings is 1. The Kier molecular flexibility index (Phi) is 10.9. The second kappa shape index (κ2) is 16.1. The molecule has 2 saturated heterocycles. The van der Waals surface area contributed by atoms with Gasteiger partial charge in [-0.25, -0.2) is 8.78 Å². The van der Waals surface area contributed by atoms with Crippen LogP contribution in [0.15, 0.2) is 114 Å². The van der Waals surface area contributed by atoms with Crippen molar-refractivity contribution >= 4 is 57.9 Å². The van der Waals surface area contributed by atoms with Gasteiger partial charge in [-0.05, 0) is 71.3 Å². The van der Waals surface area contributed by atoms with Crippen LogP contribution >= 0.6 is 23.1 Å². The summed E-state index contributed by atoms with van der Waals surface area (Å²) in [6.45, 7) is 0.454. The Labute approximate surface area is 317 Å². The largest absolute Gasteiger partial charge is 0.372 e. The van der Waals surface area contributed by atoms with Gasteiger partial charge in [0, 0.05) is 29.6 Å². The number of benzene rings is 4. The van der Waals surface area contributed by atoms with Crippen LogP contribution in [-0.2, 0) is 16.1 Å². The predicted molar refractivity (Wildman–Crippen MR) is 202 cm³/mol. The molecule has 272 valence electrons. The first-order valence-electron chi connectivity index (χ1n) is 16.9. The minimum absolute atomic E-state index is 0.0286. The second-order valence-electron chi connectivity index (χ2n) is 12.6. The minimum Gasteiger partial charge on any atom is -0.372 e. The molecular weight excluding hydrogens is 733 g/mol. The molecule has 54 heavy (non-hydrogen) atoms. The van der Waals surface area contributed by atoms with E-state index in [9.17, 15) is 32.8 Å². The molecule has 13 heteroatoms. The molecule has 1 aromatic heterocycles. The van der Waals surface area contributed by atoms with Crippen molar-refractivity contribution in [3.63, 3.8) is 0 Å². The minimum atomic E-state index is -1.04. The van der Waals surface area contributed by atoms with E-state index in [1.54, 1.807) is 29.2 Å². The third kappa shape index (κ3) is 8.08. The van der Waals surface area contributed by atoms with Crippen molar-refractivity contribution in [2.45, 2.75) is 25.2 Å². The van der Waals surface area contributed by atoms with Gasteiger partial charge in [-0.3, -0.25) is 29.3 Å². The van der Waals surface area contributed by atoms with Gasteiger partial charge < -0.3 is 15.0 Å². The van der Waals surface area contributed by atoms with Gasteiger partial charge in [0.15, 0.2) is 5.78 Å². The number of carbonyl (C=O) groups excluding carboxylic acids is 5. The Balaban J connectivity index is 1.11. The molecule has 7 rings (SSSR count). The van der Waals surface area contributed by atoms with Gasteiger partial charge in [0.1, 0.15) is 11.6 Å². The Morgan fingerprint density at radius 3 is 2.37 bits per heavy atom. The van der Waals surface area contributed by atoms with Crippen molar-refractivity contribution in [3.8, 4) is 11.1 Å². The summed E-state index contributed by atoms with van der Waals surface area (Å²) >= 11 is 1.92. The van der Waals surface area contributed by atoms with Crippen molar-refractivity contribution in [2.24, 2.45) is 0 Å². The molecule has 4 amide bonds. The molecule has 0 saturated carbocycles. The zero-order valence-corrected chi connectivity index (χ0v) is 30.1. The van der Waals surface area contributed by atoms with Gasteiger partial charge >= 0.3 is 0 Å². The van der Waals surface area contributed by atoms with Crippen LogP contribution in [0.25, 0.3) is 17.2 Å². The molecule has 2 atom stereocenters. The molecule has 0 radical (unpaired) electrons. The lowest BCUT2D eigenvalue weighted by Crippen LogP contribution is -2.43. The average Bonchev–Trinajstić information content (AvgIpc) is 3.91. The van der Waals surface area contributed by atoms with Crippen molar-refractivity contribution in [2.75, 3.05) is 13.1 Å². The summed E-state index contributed by atoms with van der Waals surface area (Å²) in [4.78, 5) is 67.5. The first-order chi connectivity index (χ1) is 26.1. The molecule has 4 aromatic carbocycles. The Morgan fingerprint density at radius 2 is 1.61 bits per heavy atom. The maximum atomic E-state index is 14.7. The Hall–Kier alpha value is -5.76. The number of hydrogen-bond donors (Lipinski definition) is 2. The summed E-state index contributed by atoms with van der Waals surface area (Å²) in [5, 5.41) is 4.65. The summed E-state index contributed by atoms with van der Waals surface area (Å²) in [6.07, 6.45) is 1.47. The van der Waals surface area contributed by atoms with Gasteiger partial charge in [0.2, 0.25) is 0 Å². The van der Waals surface area contributed by atoms with Gasteiger partial charge in [-0.2, -0.15) is 0 Å². The molecular formula is C41H31F2N3O6S2. The fourth-order valence-corrected chi connectivity index (χ4v) is 8.05. The molecule has 0 unspecified atom stereocenters. The lowest BCUT2D eigenvalue weighted by molar-refractivity contribution is -0.115. The number of halogens is 2. The number of imide groups is 1. The van der Waals surface area contributed by atoms with Gasteiger partial charge in [-0.1, -0.05) is 72.8 Å². The monoisotopic (exact) mass is 763 g/mol.